The first-order valence-electron chi connectivity index (χ1n) is 7.48. The highest BCUT2D eigenvalue weighted by Gasteiger charge is 2.41. The van der Waals surface area contributed by atoms with Crippen molar-refractivity contribution in [1.82, 2.24) is 4.31 Å². The lowest BCUT2D eigenvalue weighted by Crippen LogP contribution is -2.46. The van der Waals surface area contributed by atoms with Crippen LogP contribution in [0.4, 0.5) is 5.69 Å². The molecular formula is C15H21ClN2O2S. The lowest BCUT2D eigenvalue weighted by molar-refractivity contribution is 0.202. The molecule has 2 atom stereocenters. The number of anilines is 1. The molecule has 2 fully saturated rings. The van der Waals surface area contributed by atoms with E-state index in [0.717, 1.165) is 37.7 Å². The minimum absolute atomic E-state index is 0.141. The summed E-state index contributed by atoms with van der Waals surface area (Å²) in [4.78, 5) is 0.153. The molecule has 2 aliphatic rings. The second-order valence-corrected chi connectivity index (χ2v) is 8.42. The number of aryl methyl sites for hydroxylation is 1. The molecule has 1 aliphatic heterocycles. The standard InChI is InChI=1S/C15H21ClN2O2S/c1-10-8-12(16)15(9-13(10)17)21(19,20)18-7-3-5-11-4-2-6-14(11)18/h8-9,11,14H,2-7,17H2,1H3. The predicted octanol–water partition coefficient (Wildman–Crippen LogP) is 3.18. The fourth-order valence-electron chi connectivity index (χ4n) is 3.70. The smallest absolute Gasteiger partial charge is 0.244 e. The molecule has 6 heteroatoms. The van der Waals surface area contributed by atoms with Gasteiger partial charge in [0.2, 0.25) is 10.0 Å². The number of fused-ring (bicyclic) bond motifs is 1. The number of nitrogens with two attached hydrogens (primary N) is 1. The maximum atomic E-state index is 13.0. The molecule has 116 valence electrons. The quantitative estimate of drug-likeness (QED) is 0.848. The third kappa shape index (κ3) is 2.56. The van der Waals surface area contributed by atoms with E-state index < -0.39 is 10.0 Å². The zero-order valence-corrected chi connectivity index (χ0v) is 13.8. The summed E-state index contributed by atoms with van der Waals surface area (Å²) in [6.07, 6.45) is 5.29. The first-order valence-corrected chi connectivity index (χ1v) is 9.30. The Morgan fingerprint density at radius 3 is 2.71 bits per heavy atom. The predicted molar refractivity (Wildman–Crippen MR) is 84.9 cm³/mol. The van der Waals surface area contributed by atoms with E-state index >= 15 is 0 Å². The molecule has 0 amide bonds. The summed E-state index contributed by atoms with van der Waals surface area (Å²) in [5, 5.41) is 0.266. The van der Waals surface area contributed by atoms with Gasteiger partial charge in [-0.1, -0.05) is 18.0 Å². The first kappa shape index (κ1) is 15.1. The van der Waals surface area contributed by atoms with Gasteiger partial charge in [0.25, 0.3) is 0 Å². The number of hydrogen-bond donors (Lipinski definition) is 1. The van der Waals surface area contributed by atoms with Crippen LogP contribution in [0.3, 0.4) is 0 Å². The van der Waals surface area contributed by atoms with Gasteiger partial charge >= 0.3 is 0 Å². The molecule has 0 bridgehead atoms. The minimum Gasteiger partial charge on any atom is -0.398 e. The number of sulfonamides is 1. The molecule has 0 aromatic heterocycles. The number of nitrogens with zero attached hydrogens (tertiary/aromatic N) is 1. The van der Waals surface area contributed by atoms with Gasteiger partial charge in [-0.25, -0.2) is 8.42 Å². The zero-order valence-electron chi connectivity index (χ0n) is 12.2. The van der Waals surface area contributed by atoms with Crippen LogP contribution >= 0.6 is 11.6 Å². The van der Waals surface area contributed by atoms with Crippen molar-refractivity contribution in [3.8, 4) is 0 Å². The fourth-order valence-corrected chi connectivity index (χ4v) is 6.05. The monoisotopic (exact) mass is 328 g/mol. The second-order valence-electron chi connectivity index (χ2n) is 6.16. The Labute approximate surface area is 131 Å². The molecule has 1 saturated heterocycles. The molecule has 0 spiro atoms. The van der Waals surface area contributed by atoms with Crippen LogP contribution in [0.25, 0.3) is 0 Å². The van der Waals surface area contributed by atoms with Gasteiger partial charge in [0.15, 0.2) is 0 Å². The average molecular weight is 329 g/mol. The van der Waals surface area contributed by atoms with Crippen LogP contribution in [0.2, 0.25) is 5.02 Å². The molecule has 0 radical (unpaired) electrons. The first-order chi connectivity index (χ1) is 9.91. The molecule has 1 saturated carbocycles. The minimum atomic E-state index is -3.56. The van der Waals surface area contributed by atoms with Crippen LogP contribution in [0.1, 0.15) is 37.7 Å². The summed E-state index contributed by atoms with van der Waals surface area (Å²) in [7, 11) is -3.56. The van der Waals surface area contributed by atoms with Crippen molar-refractivity contribution in [2.75, 3.05) is 12.3 Å². The Morgan fingerprint density at radius 2 is 1.95 bits per heavy atom. The van der Waals surface area contributed by atoms with E-state index in [9.17, 15) is 8.42 Å². The van der Waals surface area contributed by atoms with Crippen LogP contribution < -0.4 is 5.73 Å². The number of benzene rings is 1. The molecule has 2 N–H and O–H groups in total. The van der Waals surface area contributed by atoms with E-state index in [2.05, 4.69) is 0 Å². The summed E-state index contributed by atoms with van der Waals surface area (Å²) in [5.41, 5.74) is 7.15. The molecule has 3 rings (SSSR count). The van der Waals surface area contributed by atoms with Crippen molar-refractivity contribution >= 4 is 27.3 Å². The molecule has 4 nitrogen and oxygen atoms in total. The Bertz CT molecular complexity index is 660. The summed E-state index contributed by atoms with van der Waals surface area (Å²) in [5.74, 6) is 0.509. The highest BCUT2D eigenvalue weighted by molar-refractivity contribution is 7.89. The third-order valence-electron chi connectivity index (χ3n) is 4.85. The second kappa shape index (κ2) is 5.45. The van der Waals surface area contributed by atoms with Gasteiger partial charge in [-0.3, -0.25) is 0 Å². The number of halogens is 1. The molecule has 2 unspecified atom stereocenters. The van der Waals surface area contributed by atoms with Gasteiger partial charge < -0.3 is 5.73 Å². The van der Waals surface area contributed by atoms with Gasteiger partial charge in [0, 0.05) is 18.3 Å². The zero-order chi connectivity index (χ0) is 15.2. The normalized spacial score (nSPS) is 26.8. The van der Waals surface area contributed by atoms with Crippen LogP contribution in [-0.4, -0.2) is 25.3 Å². The van der Waals surface area contributed by atoms with E-state index in [1.165, 1.54) is 6.07 Å². The van der Waals surface area contributed by atoms with Crippen LogP contribution in [0.5, 0.6) is 0 Å². The van der Waals surface area contributed by atoms with Crippen molar-refractivity contribution in [2.45, 2.75) is 50.0 Å². The number of hydrogen-bond acceptors (Lipinski definition) is 3. The van der Waals surface area contributed by atoms with Crippen LogP contribution in [0.15, 0.2) is 17.0 Å². The fraction of sp³-hybridized carbons (Fsp3) is 0.600. The topological polar surface area (TPSA) is 63.4 Å². The summed E-state index contributed by atoms with van der Waals surface area (Å²) < 4.78 is 27.7. The summed E-state index contributed by atoms with van der Waals surface area (Å²) in [6.45, 7) is 2.42. The average Bonchev–Trinajstić information content (AvgIpc) is 2.90. The lowest BCUT2D eigenvalue weighted by Gasteiger charge is -2.36. The number of nitrogen functional groups attached to an aromatic ring is 1. The third-order valence-corrected chi connectivity index (χ3v) is 7.24. The Morgan fingerprint density at radius 1 is 1.24 bits per heavy atom. The van der Waals surface area contributed by atoms with Crippen molar-refractivity contribution in [2.24, 2.45) is 5.92 Å². The Balaban J connectivity index is 2.02. The van der Waals surface area contributed by atoms with Gasteiger partial charge in [0.1, 0.15) is 4.90 Å². The van der Waals surface area contributed by atoms with Crippen LogP contribution in [-0.2, 0) is 10.0 Å². The van der Waals surface area contributed by atoms with E-state index in [4.69, 9.17) is 17.3 Å². The molecular weight excluding hydrogens is 308 g/mol. The largest absolute Gasteiger partial charge is 0.398 e. The maximum absolute atomic E-state index is 13.0. The molecule has 1 aromatic rings. The molecule has 21 heavy (non-hydrogen) atoms. The lowest BCUT2D eigenvalue weighted by atomic mass is 9.94. The summed E-state index contributed by atoms with van der Waals surface area (Å²) in [6, 6.07) is 3.29. The number of rotatable bonds is 2. The van der Waals surface area contributed by atoms with E-state index in [0.29, 0.717) is 18.2 Å². The van der Waals surface area contributed by atoms with Gasteiger partial charge in [0.05, 0.1) is 5.02 Å². The van der Waals surface area contributed by atoms with E-state index in [1.54, 1.807) is 10.4 Å². The number of piperidine rings is 1. The highest BCUT2D eigenvalue weighted by atomic mass is 35.5. The Kier molecular flexibility index (Phi) is 3.93. The van der Waals surface area contributed by atoms with E-state index in [-0.39, 0.29) is 16.0 Å². The van der Waals surface area contributed by atoms with Gasteiger partial charge in [-0.15, -0.1) is 0 Å². The van der Waals surface area contributed by atoms with Gasteiger partial charge in [-0.2, -0.15) is 4.31 Å². The van der Waals surface area contributed by atoms with Gasteiger partial charge in [-0.05, 0) is 56.2 Å². The van der Waals surface area contributed by atoms with Crippen molar-refractivity contribution < 1.29 is 8.42 Å². The molecule has 1 aliphatic carbocycles. The van der Waals surface area contributed by atoms with Crippen molar-refractivity contribution in [1.29, 1.82) is 0 Å². The summed E-state index contributed by atoms with van der Waals surface area (Å²) >= 11 is 6.19. The van der Waals surface area contributed by atoms with Crippen LogP contribution in [0, 0.1) is 12.8 Å². The van der Waals surface area contributed by atoms with E-state index in [1.807, 2.05) is 6.92 Å². The Hall–Kier alpha value is -0.780. The SMILES string of the molecule is Cc1cc(Cl)c(S(=O)(=O)N2CCCC3CCCC32)cc1N. The molecule has 1 heterocycles. The molecule has 1 aromatic carbocycles. The highest BCUT2D eigenvalue weighted by Crippen LogP contribution is 2.40. The van der Waals surface area contributed by atoms with Crippen molar-refractivity contribution in [3.63, 3.8) is 0 Å². The van der Waals surface area contributed by atoms with Crippen molar-refractivity contribution in [3.05, 3.63) is 22.7 Å². The maximum Gasteiger partial charge on any atom is 0.244 e.